The summed E-state index contributed by atoms with van der Waals surface area (Å²) in [7, 11) is 0. The molecule has 9 heteroatoms. The minimum atomic E-state index is -4.92. The Bertz CT molecular complexity index is 1090. The Morgan fingerprint density at radius 3 is 2.05 bits per heavy atom. The van der Waals surface area contributed by atoms with Gasteiger partial charge in [-0.25, -0.2) is 0 Å². The van der Waals surface area contributed by atoms with Crippen LogP contribution in [0.5, 0.6) is 0 Å². The van der Waals surface area contributed by atoms with E-state index in [0.717, 1.165) is 24.1 Å². The van der Waals surface area contributed by atoms with Crippen LogP contribution in [0.15, 0.2) is 48.5 Å². The molecule has 1 saturated heterocycles. The lowest BCUT2D eigenvalue weighted by atomic mass is 9.61. The molecule has 1 aliphatic carbocycles. The lowest BCUT2D eigenvalue weighted by Crippen LogP contribution is -2.56. The van der Waals surface area contributed by atoms with Crippen LogP contribution in [0.4, 0.5) is 26.3 Å². The number of likely N-dealkylation sites (tertiary alicyclic amines) is 1. The quantitative estimate of drug-likeness (QED) is 0.319. The average molecular weight is 542 g/mol. The number of hydrogen-bond donors (Lipinski definition) is 0. The van der Waals surface area contributed by atoms with Crippen molar-refractivity contribution in [2.75, 3.05) is 13.2 Å². The Morgan fingerprint density at radius 1 is 0.947 bits per heavy atom. The van der Waals surface area contributed by atoms with Gasteiger partial charge in [-0.15, -0.1) is 0 Å². The van der Waals surface area contributed by atoms with E-state index in [0.29, 0.717) is 37.6 Å². The molecule has 208 valence electrons. The average Bonchev–Trinajstić information content (AvgIpc) is 3.16. The fourth-order valence-electron chi connectivity index (χ4n) is 5.87. The molecule has 3 nitrogen and oxygen atoms in total. The highest BCUT2D eigenvalue weighted by molar-refractivity contribution is 5.79. The van der Waals surface area contributed by atoms with Gasteiger partial charge < -0.3 is 9.64 Å². The van der Waals surface area contributed by atoms with Gasteiger partial charge in [-0.05, 0) is 67.3 Å². The number of carbonyl (C=O) groups excluding carboxylic acids is 1. The summed E-state index contributed by atoms with van der Waals surface area (Å²) >= 11 is 0. The van der Waals surface area contributed by atoms with E-state index in [1.165, 1.54) is 6.92 Å². The first-order valence-corrected chi connectivity index (χ1v) is 12.9. The van der Waals surface area contributed by atoms with Crippen LogP contribution in [0.2, 0.25) is 0 Å². The Morgan fingerprint density at radius 2 is 1.53 bits per heavy atom. The number of benzene rings is 2. The monoisotopic (exact) mass is 541 g/mol. The van der Waals surface area contributed by atoms with Gasteiger partial charge in [0.05, 0.1) is 23.8 Å². The van der Waals surface area contributed by atoms with E-state index in [4.69, 9.17) is 4.74 Å². The first-order chi connectivity index (χ1) is 17.7. The molecule has 2 aromatic carbocycles. The molecule has 2 aromatic rings. The van der Waals surface area contributed by atoms with Crippen LogP contribution in [0, 0.1) is 11.8 Å². The summed E-state index contributed by atoms with van der Waals surface area (Å²) in [5.74, 6) is 0.968. The van der Waals surface area contributed by atoms with Crippen LogP contribution in [0.1, 0.15) is 74.8 Å². The molecule has 4 rings (SSSR count). The summed E-state index contributed by atoms with van der Waals surface area (Å²) in [6, 6.07) is 11.1. The number of ether oxygens (including phenoxy) is 1. The molecule has 1 saturated carbocycles. The van der Waals surface area contributed by atoms with E-state index in [1.54, 1.807) is 0 Å². The van der Waals surface area contributed by atoms with Gasteiger partial charge in [0.1, 0.15) is 0 Å². The number of nitrogens with zero attached hydrogens (tertiary/aromatic N) is 1. The molecule has 0 bridgehead atoms. The van der Waals surface area contributed by atoms with Crippen molar-refractivity contribution < 1.29 is 35.9 Å². The van der Waals surface area contributed by atoms with Crippen molar-refractivity contribution in [1.82, 2.24) is 4.90 Å². The maximum atomic E-state index is 13.3. The van der Waals surface area contributed by atoms with Gasteiger partial charge in [-0.3, -0.25) is 4.79 Å². The molecule has 0 spiro atoms. The summed E-state index contributed by atoms with van der Waals surface area (Å²) < 4.78 is 86.0. The number of halogens is 6. The normalized spacial score (nSPS) is 25.1. The zero-order valence-electron chi connectivity index (χ0n) is 21.7. The molecule has 1 heterocycles. The second kappa shape index (κ2) is 10.5. The van der Waals surface area contributed by atoms with Crippen molar-refractivity contribution in [1.29, 1.82) is 0 Å². The van der Waals surface area contributed by atoms with E-state index >= 15 is 0 Å². The lowest BCUT2D eigenvalue weighted by Gasteiger charge is -2.51. The number of amides is 1. The first-order valence-electron chi connectivity index (χ1n) is 12.9. The second-order valence-electron chi connectivity index (χ2n) is 11.2. The lowest BCUT2D eigenvalue weighted by molar-refractivity contribution is -0.143. The third kappa shape index (κ3) is 6.19. The fraction of sp³-hybridized carbons (Fsp3) is 0.552. The van der Waals surface area contributed by atoms with E-state index < -0.39 is 35.0 Å². The SMILES string of the molecule is CC(C)CC1CC(=O)N(C2CC(CO[C@H](C)c3cc(C(F)(F)F)cc(C(F)(F)F)c3)(c3ccccc3)C2)C1. The third-order valence-electron chi connectivity index (χ3n) is 7.81. The molecular weight excluding hydrogens is 508 g/mol. The smallest absolute Gasteiger partial charge is 0.373 e. The number of alkyl halides is 6. The summed E-state index contributed by atoms with van der Waals surface area (Å²) in [5.41, 5.74) is -2.40. The van der Waals surface area contributed by atoms with Crippen molar-refractivity contribution >= 4 is 5.91 Å². The zero-order chi connectivity index (χ0) is 27.9. The van der Waals surface area contributed by atoms with Crippen molar-refractivity contribution in [2.45, 2.75) is 76.4 Å². The van der Waals surface area contributed by atoms with Gasteiger partial charge in [0.2, 0.25) is 5.91 Å². The summed E-state index contributed by atoms with van der Waals surface area (Å²) in [5, 5.41) is 0. The molecule has 0 radical (unpaired) electrons. The van der Waals surface area contributed by atoms with Crippen LogP contribution in [-0.2, 0) is 27.3 Å². The van der Waals surface area contributed by atoms with E-state index in [2.05, 4.69) is 13.8 Å². The molecule has 1 amide bonds. The van der Waals surface area contributed by atoms with Crippen LogP contribution in [0.3, 0.4) is 0 Å². The standard InChI is InChI=1S/C29H33F6NO2/c1-18(2)9-20-10-26(37)36(16-20)25-14-27(15-25,22-7-5-4-6-8-22)17-38-19(3)21-11-23(28(30,31)32)13-24(12-21)29(33,34)35/h4-8,11-13,18-20,25H,9-10,14-17H2,1-3H3/t19-,20?,25?,27?/m1/s1. The van der Waals surface area contributed by atoms with Crippen molar-refractivity contribution in [2.24, 2.45) is 11.8 Å². The van der Waals surface area contributed by atoms with Gasteiger partial charge in [-0.1, -0.05) is 44.2 Å². The molecule has 2 fully saturated rings. The number of rotatable bonds is 8. The van der Waals surface area contributed by atoms with Crippen molar-refractivity contribution in [3.05, 3.63) is 70.8 Å². The zero-order valence-corrected chi connectivity index (χ0v) is 21.7. The van der Waals surface area contributed by atoms with Crippen LogP contribution < -0.4 is 0 Å². The van der Waals surface area contributed by atoms with Crippen LogP contribution in [0.25, 0.3) is 0 Å². The summed E-state index contributed by atoms with van der Waals surface area (Å²) in [4.78, 5) is 14.7. The molecule has 1 unspecified atom stereocenters. The number of carbonyl (C=O) groups is 1. The largest absolute Gasteiger partial charge is 0.416 e. The highest BCUT2D eigenvalue weighted by Gasteiger charge is 2.51. The Labute approximate surface area is 219 Å². The first kappa shape index (κ1) is 28.5. The molecule has 0 N–H and O–H groups in total. The molecule has 1 aliphatic heterocycles. The van der Waals surface area contributed by atoms with Gasteiger partial charge in [0.25, 0.3) is 0 Å². The topological polar surface area (TPSA) is 29.5 Å². The molecule has 2 atom stereocenters. The maximum absolute atomic E-state index is 13.3. The van der Waals surface area contributed by atoms with Gasteiger partial charge in [0.15, 0.2) is 0 Å². The Hall–Kier alpha value is -2.55. The molecule has 38 heavy (non-hydrogen) atoms. The predicted molar refractivity (Wildman–Crippen MR) is 131 cm³/mol. The van der Waals surface area contributed by atoms with E-state index in [9.17, 15) is 31.1 Å². The van der Waals surface area contributed by atoms with Crippen LogP contribution in [-0.4, -0.2) is 30.0 Å². The Kier molecular flexibility index (Phi) is 7.90. The minimum Gasteiger partial charge on any atom is -0.373 e. The summed E-state index contributed by atoms with van der Waals surface area (Å²) in [6.07, 6.45) is -8.06. The minimum absolute atomic E-state index is 0.0316. The highest BCUT2D eigenvalue weighted by Crippen LogP contribution is 2.49. The third-order valence-corrected chi connectivity index (χ3v) is 7.81. The maximum Gasteiger partial charge on any atom is 0.416 e. The molecular formula is C29H33F6NO2. The van der Waals surface area contributed by atoms with E-state index in [1.807, 2.05) is 35.2 Å². The predicted octanol–water partition coefficient (Wildman–Crippen LogP) is 7.80. The fourth-order valence-corrected chi connectivity index (χ4v) is 5.87. The number of hydrogen-bond acceptors (Lipinski definition) is 2. The second-order valence-corrected chi connectivity index (χ2v) is 11.2. The highest BCUT2D eigenvalue weighted by atomic mass is 19.4. The van der Waals surface area contributed by atoms with Gasteiger partial charge >= 0.3 is 12.4 Å². The van der Waals surface area contributed by atoms with Gasteiger partial charge in [-0.2, -0.15) is 26.3 Å². The van der Waals surface area contributed by atoms with Crippen molar-refractivity contribution in [3.8, 4) is 0 Å². The van der Waals surface area contributed by atoms with Gasteiger partial charge in [0, 0.05) is 24.4 Å². The van der Waals surface area contributed by atoms with Crippen LogP contribution >= 0.6 is 0 Å². The van der Waals surface area contributed by atoms with Crippen molar-refractivity contribution in [3.63, 3.8) is 0 Å². The molecule has 2 aliphatic rings. The summed E-state index contributed by atoms with van der Waals surface area (Å²) in [6.45, 7) is 6.57. The van der Waals surface area contributed by atoms with E-state index in [-0.39, 0.29) is 30.2 Å². The Balaban J connectivity index is 1.52. The molecule has 0 aromatic heterocycles.